The molecule has 0 heterocycles. The van der Waals surface area contributed by atoms with Gasteiger partial charge < -0.3 is 10.6 Å². The molecule has 0 aliphatic rings. The summed E-state index contributed by atoms with van der Waals surface area (Å²) in [6.45, 7) is 1.57. The van der Waals surface area contributed by atoms with Gasteiger partial charge in [0, 0.05) is 12.6 Å². The molecule has 0 spiro atoms. The monoisotopic (exact) mass is 276 g/mol. The van der Waals surface area contributed by atoms with Crippen molar-refractivity contribution in [3.8, 4) is 0 Å². The van der Waals surface area contributed by atoms with Crippen LogP contribution >= 0.6 is 12.2 Å². The van der Waals surface area contributed by atoms with Crippen LogP contribution in [-0.2, 0) is 0 Å². The molecule has 0 aromatic heterocycles. The number of carbonyl (C=O) groups excluding carboxylic acids is 1. The molecule has 18 heavy (non-hydrogen) atoms. The summed E-state index contributed by atoms with van der Waals surface area (Å²) < 4.78 is 38.7. The highest BCUT2D eigenvalue weighted by atomic mass is 32.1. The van der Waals surface area contributed by atoms with Crippen molar-refractivity contribution in [3.63, 3.8) is 0 Å². The van der Waals surface area contributed by atoms with Crippen LogP contribution in [0, 0.1) is 17.5 Å². The largest absolute Gasteiger partial charge is 0.392 e. The van der Waals surface area contributed by atoms with Crippen LogP contribution in [0.5, 0.6) is 0 Å². The molecule has 0 fully saturated rings. The van der Waals surface area contributed by atoms with Crippen molar-refractivity contribution in [2.24, 2.45) is 5.73 Å². The molecule has 7 heteroatoms. The number of carbonyl (C=O) groups is 1. The second kappa shape index (κ2) is 5.34. The number of hydrogen-bond acceptors (Lipinski definition) is 2. The Morgan fingerprint density at radius 3 is 2.17 bits per heavy atom. The molecule has 3 nitrogen and oxygen atoms in total. The third kappa shape index (κ3) is 2.79. The standard InChI is InChI=1S/C11H11F3N2OS/c1-5(10(15)18)16(2)11(17)6-3-7(12)9(14)8(13)4-6/h3-5H,1-2H3,(H2,15,18). The van der Waals surface area contributed by atoms with Crippen molar-refractivity contribution in [1.29, 1.82) is 0 Å². The maximum atomic E-state index is 13.0. The van der Waals surface area contributed by atoms with E-state index in [1.807, 2.05) is 0 Å². The lowest BCUT2D eigenvalue weighted by molar-refractivity contribution is 0.0777. The van der Waals surface area contributed by atoms with Crippen LogP contribution in [0.25, 0.3) is 0 Å². The van der Waals surface area contributed by atoms with Crippen molar-refractivity contribution >= 4 is 23.1 Å². The summed E-state index contributed by atoms with van der Waals surface area (Å²) in [5.41, 5.74) is 5.06. The van der Waals surface area contributed by atoms with Crippen molar-refractivity contribution in [3.05, 3.63) is 35.1 Å². The fourth-order valence-electron chi connectivity index (χ4n) is 1.25. The summed E-state index contributed by atoms with van der Waals surface area (Å²) in [6, 6.07) is 0.677. The minimum atomic E-state index is -1.61. The summed E-state index contributed by atoms with van der Waals surface area (Å²) in [7, 11) is 1.38. The lowest BCUT2D eigenvalue weighted by atomic mass is 10.1. The Morgan fingerprint density at radius 2 is 1.78 bits per heavy atom. The maximum Gasteiger partial charge on any atom is 0.254 e. The highest BCUT2D eigenvalue weighted by Gasteiger charge is 2.22. The van der Waals surface area contributed by atoms with Crippen LogP contribution in [0.2, 0.25) is 0 Å². The van der Waals surface area contributed by atoms with Gasteiger partial charge in [0.25, 0.3) is 5.91 Å². The fourth-order valence-corrected chi connectivity index (χ4v) is 1.41. The predicted molar refractivity (Wildman–Crippen MR) is 64.7 cm³/mol. The normalized spacial score (nSPS) is 12.1. The van der Waals surface area contributed by atoms with Gasteiger partial charge in [-0.15, -0.1) is 0 Å². The number of benzene rings is 1. The molecule has 2 N–H and O–H groups in total. The van der Waals surface area contributed by atoms with E-state index in [2.05, 4.69) is 0 Å². The highest BCUT2D eigenvalue weighted by Crippen LogP contribution is 2.15. The number of hydrogen-bond donors (Lipinski definition) is 1. The number of nitrogens with two attached hydrogens (primary N) is 1. The number of likely N-dealkylation sites (N-methyl/N-ethyl adjacent to an activating group) is 1. The van der Waals surface area contributed by atoms with Crippen LogP contribution in [0.15, 0.2) is 12.1 Å². The van der Waals surface area contributed by atoms with Crippen molar-refractivity contribution in [2.45, 2.75) is 13.0 Å². The quantitative estimate of drug-likeness (QED) is 0.677. The molecule has 1 aromatic rings. The molecule has 1 unspecified atom stereocenters. The van der Waals surface area contributed by atoms with E-state index in [0.717, 1.165) is 4.90 Å². The Bertz CT molecular complexity index is 484. The van der Waals surface area contributed by atoms with Gasteiger partial charge in [-0.2, -0.15) is 0 Å². The van der Waals surface area contributed by atoms with Crippen molar-refractivity contribution < 1.29 is 18.0 Å². The smallest absolute Gasteiger partial charge is 0.254 e. The van der Waals surface area contributed by atoms with E-state index >= 15 is 0 Å². The van der Waals surface area contributed by atoms with Gasteiger partial charge in [-0.25, -0.2) is 13.2 Å². The minimum absolute atomic E-state index is 0.0638. The zero-order valence-corrected chi connectivity index (χ0v) is 10.5. The average molecular weight is 276 g/mol. The van der Waals surface area contributed by atoms with Crippen molar-refractivity contribution in [1.82, 2.24) is 4.90 Å². The lowest BCUT2D eigenvalue weighted by Gasteiger charge is -2.24. The summed E-state index contributed by atoms with van der Waals surface area (Å²) >= 11 is 4.71. The number of amides is 1. The average Bonchev–Trinajstić information content (AvgIpc) is 2.32. The topological polar surface area (TPSA) is 46.3 Å². The molecule has 98 valence electrons. The number of rotatable bonds is 3. The molecule has 0 saturated carbocycles. The maximum absolute atomic E-state index is 13.0. The Labute approximate surface area is 107 Å². The summed E-state index contributed by atoms with van der Waals surface area (Å²) in [5, 5.41) is 0. The Hall–Kier alpha value is -1.63. The van der Waals surface area contributed by atoms with Crippen LogP contribution < -0.4 is 5.73 Å². The molecule has 1 rings (SSSR count). The first-order chi connectivity index (χ1) is 8.25. The van der Waals surface area contributed by atoms with Gasteiger partial charge in [-0.1, -0.05) is 12.2 Å². The van der Waals surface area contributed by atoms with E-state index in [4.69, 9.17) is 18.0 Å². The van der Waals surface area contributed by atoms with E-state index in [-0.39, 0.29) is 10.6 Å². The van der Waals surface area contributed by atoms with E-state index in [1.165, 1.54) is 7.05 Å². The molecule has 0 aliphatic heterocycles. The molecule has 0 aliphatic carbocycles. The molecular weight excluding hydrogens is 265 g/mol. The van der Waals surface area contributed by atoms with Crippen LogP contribution in [0.3, 0.4) is 0 Å². The Morgan fingerprint density at radius 1 is 1.33 bits per heavy atom. The third-order valence-electron chi connectivity index (χ3n) is 2.54. The Kier molecular flexibility index (Phi) is 4.28. The molecule has 0 radical (unpaired) electrons. The van der Waals surface area contributed by atoms with E-state index in [1.54, 1.807) is 6.92 Å². The second-order valence-electron chi connectivity index (χ2n) is 3.75. The van der Waals surface area contributed by atoms with Gasteiger partial charge in [0.2, 0.25) is 0 Å². The lowest BCUT2D eigenvalue weighted by Crippen LogP contribution is -2.42. The summed E-state index contributed by atoms with van der Waals surface area (Å²) in [4.78, 5) is 13.0. The van der Waals surface area contributed by atoms with Gasteiger partial charge in [0.1, 0.15) is 0 Å². The van der Waals surface area contributed by atoms with Gasteiger partial charge in [-0.3, -0.25) is 4.79 Å². The summed E-state index contributed by atoms with van der Waals surface area (Å²) in [6.07, 6.45) is 0. The minimum Gasteiger partial charge on any atom is -0.392 e. The first-order valence-electron chi connectivity index (χ1n) is 4.96. The number of nitrogens with zero attached hydrogens (tertiary/aromatic N) is 1. The van der Waals surface area contributed by atoms with Crippen molar-refractivity contribution in [2.75, 3.05) is 7.05 Å². The first-order valence-corrected chi connectivity index (χ1v) is 5.37. The van der Waals surface area contributed by atoms with E-state index in [9.17, 15) is 18.0 Å². The Balaban J connectivity index is 3.08. The van der Waals surface area contributed by atoms with Crippen LogP contribution in [0.4, 0.5) is 13.2 Å². The SMILES string of the molecule is CC(C(N)=S)N(C)C(=O)c1cc(F)c(F)c(F)c1. The molecule has 1 atom stereocenters. The van der Waals surface area contributed by atoms with Gasteiger partial charge in [0.15, 0.2) is 17.5 Å². The molecule has 1 aromatic carbocycles. The third-order valence-corrected chi connectivity index (χ3v) is 2.88. The highest BCUT2D eigenvalue weighted by molar-refractivity contribution is 7.80. The van der Waals surface area contributed by atoms with Crippen LogP contribution in [-0.4, -0.2) is 28.9 Å². The molecule has 0 bridgehead atoms. The predicted octanol–water partition coefficient (Wildman–Crippen LogP) is 1.85. The zero-order valence-electron chi connectivity index (χ0n) is 9.71. The van der Waals surface area contributed by atoms with E-state index < -0.39 is 29.4 Å². The molecule has 0 saturated heterocycles. The molecular formula is C11H11F3N2OS. The second-order valence-corrected chi connectivity index (χ2v) is 4.22. The summed E-state index contributed by atoms with van der Waals surface area (Å²) in [5.74, 6) is -5.16. The zero-order chi connectivity index (χ0) is 14.0. The van der Waals surface area contributed by atoms with E-state index in [0.29, 0.717) is 12.1 Å². The van der Waals surface area contributed by atoms with Crippen LogP contribution in [0.1, 0.15) is 17.3 Å². The fraction of sp³-hybridized carbons (Fsp3) is 0.273. The number of thiocarbonyl (C=S) groups is 1. The first kappa shape index (κ1) is 14.4. The van der Waals surface area contributed by atoms with Gasteiger partial charge in [0.05, 0.1) is 11.0 Å². The van der Waals surface area contributed by atoms with Gasteiger partial charge >= 0.3 is 0 Å². The number of halogens is 3. The molecule has 1 amide bonds. The van der Waals surface area contributed by atoms with Gasteiger partial charge in [-0.05, 0) is 19.1 Å².